The maximum Gasteiger partial charge on any atom is 0.342 e. The summed E-state index contributed by atoms with van der Waals surface area (Å²) in [6, 6.07) is 0. The number of ketones is 1. The number of esters is 4. The molecule has 0 N–H and O–H groups in total. The first kappa shape index (κ1) is 26.1. The molecule has 0 aromatic heterocycles. The number of allylic oxidation sites excluding steroid dienone is 1. The lowest BCUT2D eigenvalue weighted by molar-refractivity contribution is -0.193. The van der Waals surface area contributed by atoms with Crippen LogP contribution in [-0.4, -0.2) is 65.3 Å². The zero-order valence-corrected chi connectivity index (χ0v) is 21.5. The molecule has 0 radical (unpaired) electrons. The molecule has 0 aromatic carbocycles. The fraction of sp³-hybridized carbons (Fsp3) is 0.654. The second-order valence-corrected chi connectivity index (χ2v) is 10.6. The molecule has 2 heterocycles. The third-order valence-corrected chi connectivity index (χ3v) is 8.00. The summed E-state index contributed by atoms with van der Waals surface area (Å²) in [7, 11) is 0. The van der Waals surface area contributed by atoms with E-state index in [0.29, 0.717) is 5.57 Å². The Hall–Kier alpha value is -3.01. The van der Waals surface area contributed by atoms with E-state index in [1.165, 1.54) is 26.8 Å². The van der Waals surface area contributed by atoms with Gasteiger partial charge < -0.3 is 23.7 Å². The lowest BCUT2D eigenvalue weighted by atomic mass is 9.57. The van der Waals surface area contributed by atoms with E-state index >= 15 is 0 Å². The predicted octanol–water partition coefficient (Wildman–Crippen LogP) is 1.98. The zero-order valence-electron chi connectivity index (χ0n) is 21.5. The monoisotopic (exact) mass is 504 g/mol. The fourth-order valence-electron chi connectivity index (χ4n) is 6.38. The van der Waals surface area contributed by atoms with Gasteiger partial charge >= 0.3 is 23.9 Å². The first-order chi connectivity index (χ1) is 16.7. The van der Waals surface area contributed by atoms with Gasteiger partial charge in [0.25, 0.3) is 0 Å². The van der Waals surface area contributed by atoms with Crippen molar-refractivity contribution in [3.63, 3.8) is 0 Å². The van der Waals surface area contributed by atoms with Crippen molar-refractivity contribution in [3.8, 4) is 0 Å². The SMILES string of the molecule is CC(=O)OC1[C@H]2[C@@H](C)C(=O)C=C[C@]2(C)[C@@H](OC(C)=O)[C@@H](OC(C)=O)C/C(C)=C\[C@@H]2OC(=O)[C@]3(C)O[C@]123. The highest BCUT2D eigenvalue weighted by atomic mass is 16.7. The van der Waals surface area contributed by atoms with Crippen LogP contribution in [0.15, 0.2) is 23.8 Å². The molecule has 2 fully saturated rings. The fourth-order valence-corrected chi connectivity index (χ4v) is 6.38. The van der Waals surface area contributed by atoms with Crippen molar-refractivity contribution in [1.82, 2.24) is 0 Å². The Labute approximate surface area is 209 Å². The molecule has 36 heavy (non-hydrogen) atoms. The van der Waals surface area contributed by atoms with Gasteiger partial charge in [-0.25, -0.2) is 4.79 Å². The van der Waals surface area contributed by atoms with E-state index in [2.05, 4.69) is 0 Å². The highest BCUT2D eigenvalue weighted by molar-refractivity contribution is 5.93. The Morgan fingerprint density at radius 2 is 1.56 bits per heavy atom. The van der Waals surface area contributed by atoms with E-state index in [-0.39, 0.29) is 12.2 Å². The first-order valence-corrected chi connectivity index (χ1v) is 12.0. The number of carbonyl (C=O) groups excluding carboxylic acids is 5. The van der Waals surface area contributed by atoms with Crippen molar-refractivity contribution < 1.29 is 47.7 Å². The average molecular weight is 505 g/mol. The van der Waals surface area contributed by atoms with E-state index in [0.717, 1.165) is 0 Å². The van der Waals surface area contributed by atoms with Gasteiger partial charge in [-0.05, 0) is 26.0 Å². The van der Waals surface area contributed by atoms with Crippen LogP contribution in [-0.2, 0) is 47.7 Å². The predicted molar refractivity (Wildman–Crippen MR) is 122 cm³/mol. The summed E-state index contributed by atoms with van der Waals surface area (Å²) in [6.45, 7) is 10.5. The van der Waals surface area contributed by atoms with Crippen molar-refractivity contribution >= 4 is 29.7 Å². The smallest absolute Gasteiger partial charge is 0.342 e. The molecule has 4 rings (SSSR count). The normalized spacial score (nSPS) is 44.6. The molecule has 2 aliphatic carbocycles. The number of rotatable bonds is 3. The van der Waals surface area contributed by atoms with Gasteiger partial charge in [-0.2, -0.15) is 0 Å². The largest absolute Gasteiger partial charge is 0.459 e. The lowest BCUT2D eigenvalue weighted by Gasteiger charge is -2.51. The Morgan fingerprint density at radius 3 is 2.11 bits per heavy atom. The van der Waals surface area contributed by atoms with Gasteiger partial charge in [0.05, 0.1) is 0 Å². The molecule has 2 aliphatic heterocycles. The van der Waals surface area contributed by atoms with Gasteiger partial charge in [0.2, 0.25) is 0 Å². The van der Waals surface area contributed by atoms with E-state index in [1.807, 2.05) is 0 Å². The summed E-state index contributed by atoms with van der Waals surface area (Å²) >= 11 is 0. The van der Waals surface area contributed by atoms with Crippen LogP contribution in [0.5, 0.6) is 0 Å². The van der Waals surface area contributed by atoms with Crippen LogP contribution in [0.25, 0.3) is 0 Å². The summed E-state index contributed by atoms with van der Waals surface area (Å²) in [5, 5.41) is 0. The zero-order chi connectivity index (χ0) is 26.8. The van der Waals surface area contributed by atoms with E-state index in [9.17, 15) is 24.0 Å². The van der Waals surface area contributed by atoms with Crippen LogP contribution in [0, 0.1) is 17.3 Å². The molecule has 0 saturated carbocycles. The van der Waals surface area contributed by atoms with E-state index in [4.69, 9.17) is 23.7 Å². The topological polar surface area (TPSA) is 135 Å². The molecule has 196 valence electrons. The van der Waals surface area contributed by atoms with Crippen LogP contribution in [0.1, 0.15) is 54.9 Å². The molecule has 1 unspecified atom stereocenters. The van der Waals surface area contributed by atoms with Gasteiger partial charge in [-0.15, -0.1) is 0 Å². The van der Waals surface area contributed by atoms with Crippen LogP contribution in [0.4, 0.5) is 0 Å². The Morgan fingerprint density at radius 1 is 0.972 bits per heavy atom. The number of hydrogen-bond acceptors (Lipinski definition) is 10. The Balaban J connectivity index is 2.01. The summed E-state index contributed by atoms with van der Waals surface area (Å²) in [6.07, 6.45) is 0.828. The quantitative estimate of drug-likeness (QED) is 0.243. The minimum Gasteiger partial charge on any atom is -0.459 e. The Bertz CT molecular complexity index is 1090. The number of carbonyl (C=O) groups is 5. The summed E-state index contributed by atoms with van der Waals surface area (Å²) in [5.41, 5.74) is -3.28. The molecular formula is C26H32O10. The van der Waals surface area contributed by atoms with Crippen molar-refractivity contribution in [2.45, 2.75) is 90.5 Å². The molecule has 1 spiro atoms. The van der Waals surface area contributed by atoms with Crippen LogP contribution in [0.3, 0.4) is 0 Å². The molecular weight excluding hydrogens is 472 g/mol. The average Bonchev–Trinajstić information content (AvgIpc) is 3.34. The maximum absolute atomic E-state index is 13.0. The van der Waals surface area contributed by atoms with Crippen LogP contribution < -0.4 is 0 Å². The van der Waals surface area contributed by atoms with Crippen LogP contribution >= 0.6 is 0 Å². The van der Waals surface area contributed by atoms with Crippen molar-refractivity contribution in [1.29, 1.82) is 0 Å². The standard InChI is InChI=1S/C26H32O10/c1-12-10-18(32-14(3)27)21(33-15(4)28)24(6)9-8-17(30)13(2)20(24)22(34-16(5)29)26-19(11-12)35-23(31)25(26,7)36-26/h8-9,11,13,18-22H,10H2,1-7H3/b12-11-/t13-,18-,19-,20+,21-,22?,24-,25-,26-/m0/s1. The summed E-state index contributed by atoms with van der Waals surface area (Å²) in [4.78, 5) is 62.7. The second-order valence-electron chi connectivity index (χ2n) is 10.6. The van der Waals surface area contributed by atoms with Gasteiger partial charge in [0.15, 0.2) is 23.1 Å². The molecule has 0 bridgehead atoms. The van der Waals surface area contributed by atoms with Crippen molar-refractivity contribution in [3.05, 3.63) is 23.8 Å². The lowest BCUT2D eigenvalue weighted by Crippen LogP contribution is -2.61. The molecule has 10 nitrogen and oxygen atoms in total. The molecule has 0 amide bonds. The van der Waals surface area contributed by atoms with Gasteiger partial charge in [0, 0.05) is 44.4 Å². The number of hydrogen-bond donors (Lipinski definition) is 0. The number of epoxide rings is 1. The number of fused-ring (bicyclic) bond motifs is 1. The highest BCUT2D eigenvalue weighted by Gasteiger charge is 2.87. The summed E-state index contributed by atoms with van der Waals surface area (Å²) in [5.74, 6) is -4.22. The Kier molecular flexibility index (Phi) is 6.18. The molecule has 0 aromatic rings. The molecule has 2 saturated heterocycles. The van der Waals surface area contributed by atoms with E-state index < -0.39 is 76.7 Å². The minimum atomic E-state index is -1.40. The third-order valence-electron chi connectivity index (χ3n) is 8.00. The minimum absolute atomic E-state index is 0.162. The summed E-state index contributed by atoms with van der Waals surface area (Å²) < 4.78 is 29.2. The van der Waals surface area contributed by atoms with Gasteiger partial charge in [0.1, 0.15) is 18.3 Å². The van der Waals surface area contributed by atoms with Crippen molar-refractivity contribution in [2.24, 2.45) is 17.3 Å². The molecule has 9 atom stereocenters. The third kappa shape index (κ3) is 3.77. The second kappa shape index (κ2) is 8.54. The maximum atomic E-state index is 13.0. The number of ether oxygens (including phenoxy) is 5. The van der Waals surface area contributed by atoms with Gasteiger partial charge in [-0.1, -0.05) is 25.5 Å². The van der Waals surface area contributed by atoms with E-state index in [1.54, 1.807) is 39.8 Å². The molecule has 10 heteroatoms. The van der Waals surface area contributed by atoms with Crippen LogP contribution in [0.2, 0.25) is 0 Å². The first-order valence-electron chi connectivity index (χ1n) is 12.0. The molecule has 4 aliphatic rings. The van der Waals surface area contributed by atoms with Crippen molar-refractivity contribution in [2.75, 3.05) is 0 Å². The van der Waals surface area contributed by atoms with Gasteiger partial charge in [-0.3, -0.25) is 19.2 Å². The highest BCUT2D eigenvalue weighted by Crippen LogP contribution is 2.64.